The maximum atomic E-state index is 11.5. The van der Waals surface area contributed by atoms with E-state index in [4.69, 9.17) is 11.5 Å². The molecule has 1 amide bonds. The minimum absolute atomic E-state index is 0.144. The first-order chi connectivity index (χ1) is 8.90. The number of nitrogens with one attached hydrogen (secondary N) is 1. The van der Waals surface area contributed by atoms with E-state index in [0.29, 0.717) is 15.3 Å². The predicted octanol–water partition coefficient (Wildman–Crippen LogP) is 2.23. The Bertz CT molecular complexity index is 532. The summed E-state index contributed by atoms with van der Waals surface area (Å²) in [6.07, 6.45) is 3.50. The molecule has 1 aromatic heterocycles. The van der Waals surface area contributed by atoms with E-state index < -0.39 is 5.91 Å². The van der Waals surface area contributed by atoms with Gasteiger partial charge in [0.25, 0.3) is 5.91 Å². The summed E-state index contributed by atoms with van der Waals surface area (Å²) in [6.45, 7) is 4.39. The van der Waals surface area contributed by atoms with E-state index >= 15 is 0 Å². The zero-order valence-corrected chi connectivity index (χ0v) is 12.0. The van der Waals surface area contributed by atoms with Gasteiger partial charge < -0.3 is 16.8 Å². The fourth-order valence-electron chi connectivity index (χ4n) is 2.17. The van der Waals surface area contributed by atoms with Crippen LogP contribution in [0.2, 0.25) is 0 Å². The van der Waals surface area contributed by atoms with Crippen LogP contribution in [-0.4, -0.2) is 18.2 Å². The van der Waals surface area contributed by atoms with Crippen LogP contribution >= 0.6 is 11.3 Å². The Balaban J connectivity index is 2.26. The third kappa shape index (κ3) is 2.58. The summed E-state index contributed by atoms with van der Waals surface area (Å²) in [5, 5.41) is 3.87. The Morgan fingerprint density at radius 2 is 2.05 bits per heavy atom. The van der Waals surface area contributed by atoms with Gasteiger partial charge in [-0.1, -0.05) is 6.92 Å². The van der Waals surface area contributed by atoms with E-state index in [9.17, 15) is 9.59 Å². The van der Waals surface area contributed by atoms with Crippen LogP contribution in [0.4, 0.5) is 10.7 Å². The van der Waals surface area contributed by atoms with Crippen LogP contribution in [0.25, 0.3) is 0 Å². The molecule has 0 aromatic carbocycles. The number of ketones is 1. The smallest absolute Gasteiger partial charge is 0.253 e. The summed E-state index contributed by atoms with van der Waals surface area (Å²) in [4.78, 5) is 23.4. The van der Waals surface area contributed by atoms with E-state index in [1.165, 1.54) is 31.1 Å². The molecule has 1 fully saturated rings. The normalized spacial score (nSPS) is 16.1. The zero-order valence-electron chi connectivity index (χ0n) is 11.2. The highest BCUT2D eigenvalue weighted by Crippen LogP contribution is 2.49. The lowest BCUT2D eigenvalue weighted by molar-refractivity contribution is 0.100. The van der Waals surface area contributed by atoms with Gasteiger partial charge in [-0.3, -0.25) is 9.59 Å². The fraction of sp³-hybridized carbons (Fsp3) is 0.538. The number of carbonyl (C=O) groups is 2. The zero-order chi connectivity index (χ0) is 14.2. The molecule has 1 aliphatic carbocycles. The van der Waals surface area contributed by atoms with Crippen LogP contribution in [0.3, 0.4) is 0 Å². The predicted molar refractivity (Wildman–Crippen MR) is 77.7 cm³/mol. The molecule has 0 bridgehead atoms. The molecule has 0 unspecified atom stereocenters. The van der Waals surface area contributed by atoms with Gasteiger partial charge in [0.05, 0.1) is 16.1 Å². The van der Waals surface area contributed by atoms with Crippen molar-refractivity contribution in [1.29, 1.82) is 0 Å². The van der Waals surface area contributed by atoms with Gasteiger partial charge in [0.15, 0.2) is 5.78 Å². The van der Waals surface area contributed by atoms with Crippen molar-refractivity contribution in [2.24, 2.45) is 11.1 Å². The Kier molecular flexibility index (Phi) is 3.54. The first kappa shape index (κ1) is 13.9. The number of nitrogens with two attached hydrogens (primary N) is 2. The summed E-state index contributed by atoms with van der Waals surface area (Å²) in [6, 6.07) is 0. The molecule has 0 spiro atoms. The molecule has 5 N–H and O–H groups in total. The number of amides is 1. The number of thiophene rings is 1. The number of nitrogen functional groups attached to an aromatic ring is 1. The first-order valence-electron chi connectivity index (χ1n) is 6.37. The molecule has 0 atom stereocenters. The van der Waals surface area contributed by atoms with Gasteiger partial charge >= 0.3 is 0 Å². The minimum Gasteiger partial charge on any atom is -0.397 e. The minimum atomic E-state index is -0.593. The van der Waals surface area contributed by atoms with Gasteiger partial charge in [0.2, 0.25) is 0 Å². The second-order valence-corrected chi connectivity index (χ2v) is 6.20. The average Bonchev–Trinajstić information content (AvgIpc) is 3.04. The second kappa shape index (κ2) is 4.85. The molecular weight excluding hydrogens is 262 g/mol. The molecule has 2 rings (SSSR count). The topological polar surface area (TPSA) is 98.2 Å². The van der Waals surface area contributed by atoms with Crippen molar-refractivity contribution in [3.05, 3.63) is 10.4 Å². The number of anilines is 2. The van der Waals surface area contributed by atoms with Crippen LogP contribution in [0.15, 0.2) is 0 Å². The number of rotatable bonds is 6. The molecule has 0 radical (unpaired) electrons. The molecule has 1 saturated carbocycles. The lowest BCUT2D eigenvalue weighted by atomic mass is 10.0. The highest BCUT2D eigenvalue weighted by Gasteiger charge is 2.40. The number of carbonyl (C=O) groups excluding carboxylic acids is 2. The number of hydrogen-bond donors (Lipinski definition) is 3. The SMILES string of the molecule is CCC1(CNc2sc(C(C)=O)c(N)c2C(N)=O)CC1. The van der Waals surface area contributed by atoms with Gasteiger partial charge in [0.1, 0.15) is 5.00 Å². The van der Waals surface area contributed by atoms with Crippen molar-refractivity contribution in [3.63, 3.8) is 0 Å². The van der Waals surface area contributed by atoms with E-state index in [-0.39, 0.29) is 17.0 Å². The van der Waals surface area contributed by atoms with Gasteiger partial charge in [-0.25, -0.2) is 0 Å². The van der Waals surface area contributed by atoms with Crippen LogP contribution < -0.4 is 16.8 Å². The second-order valence-electron chi connectivity index (χ2n) is 5.18. The summed E-state index contributed by atoms with van der Waals surface area (Å²) < 4.78 is 0. The Hall–Kier alpha value is -1.56. The Morgan fingerprint density at radius 3 is 2.47 bits per heavy atom. The van der Waals surface area contributed by atoms with E-state index in [2.05, 4.69) is 12.2 Å². The molecular formula is C13H19N3O2S. The van der Waals surface area contributed by atoms with Crippen molar-refractivity contribution in [2.45, 2.75) is 33.1 Å². The lowest BCUT2D eigenvalue weighted by Gasteiger charge is -2.13. The number of hydrogen-bond acceptors (Lipinski definition) is 5. The van der Waals surface area contributed by atoms with E-state index in [0.717, 1.165) is 13.0 Å². The van der Waals surface area contributed by atoms with Gasteiger partial charge in [-0.05, 0) is 24.7 Å². The van der Waals surface area contributed by atoms with Gasteiger partial charge in [0, 0.05) is 13.5 Å². The Labute approximate surface area is 116 Å². The van der Waals surface area contributed by atoms with Crippen molar-refractivity contribution in [3.8, 4) is 0 Å². The molecule has 1 heterocycles. The largest absolute Gasteiger partial charge is 0.397 e. The van der Waals surface area contributed by atoms with E-state index in [1.807, 2.05) is 0 Å². The monoisotopic (exact) mass is 281 g/mol. The third-order valence-corrected chi connectivity index (χ3v) is 5.11. The molecule has 0 saturated heterocycles. The fourth-order valence-corrected chi connectivity index (χ4v) is 3.19. The third-order valence-electron chi connectivity index (χ3n) is 3.84. The summed E-state index contributed by atoms with van der Waals surface area (Å²) in [5.74, 6) is -0.736. The quantitative estimate of drug-likeness (QED) is 0.696. The lowest BCUT2D eigenvalue weighted by Crippen LogP contribution is -2.18. The van der Waals surface area contributed by atoms with Crippen molar-refractivity contribution in [1.82, 2.24) is 0 Å². The van der Waals surface area contributed by atoms with Crippen molar-refractivity contribution >= 4 is 33.7 Å². The van der Waals surface area contributed by atoms with Crippen LogP contribution in [0, 0.1) is 5.41 Å². The molecule has 104 valence electrons. The van der Waals surface area contributed by atoms with Gasteiger partial charge in [-0.15, -0.1) is 11.3 Å². The van der Waals surface area contributed by atoms with Crippen molar-refractivity contribution < 1.29 is 9.59 Å². The molecule has 6 heteroatoms. The van der Waals surface area contributed by atoms with Crippen molar-refractivity contribution in [2.75, 3.05) is 17.6 Å². The van der Waals surface area contributed by atoms with Gasteiger partial charge in [-0.2, -0.15) is 0 Å². The molecule has 1 aromatic rings. The standard InChI is InChI=1S/C13H19N3O2S/c1-3-13(4-5-13)6-16-12-8(11(15)18)9(14)10(19-12)7(2)17/h16H,3-6,14H2,1-2H3,(H2,15,18). The summed E-state index contributed by atoms with van der Waals surface area (Å²) in [7, 11) is 0. The maximum Gasteiger partial charge on any atom is 0.253 e. The first-order valence-corrected chi connectivity index (χ1v) is 7.19. The summed E-state index contributed by atoms with van der Waals surface area (Å²) >= 11 is 1.22. The number of primary amides is 1. The molecule has 5 nitrogen and oxygen atoms in total. The van der Waals surface area contributed by atoms with E-state index in [1.54, 1.807) is 0 Å². The molecule has 19 heavy (non-hydrogen) atoms. The molecule has 1 aliphatic rings. The number of Topliss-reactive ketones (excluding diaryl/α,β-unsaturated/α-hetero) is 1. The van der Waals surface area contributed by atoms with Crippen LogP contribution in [-0.2, 0) is 0 Å². The van der Waals surface area contributed by atoms with Crippen LogP contribution in [0.5, 0.6) is 0 Å². The maximum absolute atomic E-state index is 11.5. The molecule has 0 aliphatic heterocycles. The Morgan fingerprint density at radius 1 is 1.42 bits per heavy atom. The highest BCUT2D eigenvalue weighted by atomic mass is 32.1. The highest BCUT2D eigenvalue weighted by molar-refractivity contribution is 7.19. The summed E-state index contributed by atoms with van der Waals surface area (Å²) in [5.41, 5.74) is 12.0. The average molecular weight is 281 g/mol. The van der Waals surface area contributed by atoms with Crippen LogP contribution in [0.1, 0.15) is 53.1 Å².